The van der Waals surface area contributed by atoms with Crippen molar-refractivity contribution in [1.82, 2.24) is 14.9 Å². The fourth-order valence-electron chi connectivity index (χ4n) is 2.11. The molecule has 1 aromatic heterocycles. The van der Waals surface area contributed by atoms with Gasteiger partial charge in [0.25, 0.3) is 0 Å². The Kier molecular flexibility index (Phi) is 3.95. The maximum atomic E-state index is 5.95. The first-order chi connectivity index (χ1) is 7.94. The summed E-state index contributed by atoms with van der Waals surface area (Å²) in [7, 11) is 0. The van der Waals surface area contributed by atoms with Gasteiger partial charge in [-0.15, -0.1) is 0 Å². The molecule has 3 nitrogen and oxygen atoms in total. The van der Waals surface area contributed by atoms with Crippen LogP contribution in [0.1, 0.15) is 25.4 Å². The number of nitrogens with zero attached hydrogens (tertiary/aromatic N) is 3. The lowest BCUT2D eigenvalue weighted by Gasteiger charge is -2.37. The molecule has 0 atom stereocenters. The molecular weight excluding hydrogens is 254 g/mol. The molecule has 1 aliphatic rings. The van der Waals surface area contributed by atoms with E-state index in [2.05, 4.69) is 28.7 Å². The van der Waals surface area contributed by atoms with E-state index in [1.54, 1.807) is 6.07 Å². The lowest BCUT2D eigenvalue weighted by molar-refractivity contribution is 0.246. The third-order valence-electron chi connectivity index (χ3n) is 2.74. The van der Waals surface area contributed by atoms with Crippen molar-refractivity contribution in [3.8, 4) is 0 Å². The molecule has 0 bridgehead atoms. The van der Waals surface area contributed by atoms with Crippen molar-refractivity contribution in [2.45, 2.75) is 32.1 Å². The number of halogens is 1. The van der Waals surface area contributed by atoms with Gasteiger partial charge in [0.05, 0.1) is 6.54 Å². The molecule has 2 rings (SSSR count). The van der Waals surface area contributed by atoms with Gasteiger partial charge in [-0.05, 0) is 26.8 Å². The molecule has 94 valence electrons. The Balaban J connectivity index is 2.05. The van der Waals surface area contributed by atoms with Gasteiger partial charge in [0.15, 0.2) is 0 Å². The van der Waals surface area contributed by atoms with Crippen LogP contribution in [-0.4, -0.2) is 38.5 Å². The van der Waals surface area contributed by atoms with Crippen LogP contribution < -0.4 is 0 Å². The molecule has 0 unspecified atom stereocenters. The molecule has 1 saturated heterocycles. The first kappa shape index (κ1) is 13.1. The highest BCUT2D eigenvalue weighted by Gasteiger charge is 2.27. The van der Waals surface area contributed by atoms with Crippen LogP contribution in [0.15, 0.2) is 6.07 Å². The predicted octanol–water partition coefficient (Wildman–Crippen LogP) is 2.77. The van der Waals surface area contributed by atoms with Crippen LogP contribution in [0.4, 0.5) is 0 Å². The maximum absolute atomic E-state index is 5.95. The zero-order valence-electron chi connectivity index (χ0n) is 10.5. The fraction of sp³-hybridized carbons (Fsp3) is 0.667. The van der Waals surface area contributed by atoms with Gasteiger partial charge in [0.2, 0.25) is 0 Å². The number of rotatable bonds is 2. The summed E-state index contributed by atoms with van der Waals surface area (Å²) in [5, 5.41) is 0.540. The van der Waals surface area contributed by atoms with Crippen molar-refractivity contribution in [2.75, 3.05) is 18.8 Å². The lowest BCUT2D eigenvalue weighted by Crippen LogP contribution is -2.42. The van der Waals surface area contributed by atoms with Gasteiger partial charge >= 0.3 is 0 Å². The number of aryl methyl sites for hydroxylation is 1. The van der Waals surface area contributed by atoms with Crippen molar-refractivity contribution in [3.63, 3.8) is 0 Å². The first-order valence-electron chi connectivity index (χ1n) is 5.81. The molecule has 0 N–H and O–H groups in total. The molecule has 2 heterocycles. The summed E-state index contributed by atoms with van der Waals surface area (Å²) in [6.45, 7) is 9.50. The highest BCUT2D eigenvalue weighted by molar-refractivity contribution is 8.00. The van der Waals surface area contributed by atoms with Crippen LogP contribution in [0.25, 0.3) is 0 Å². The molecule has 0 radical (unpaired) electrons. The van der Waals surface area contributed by atoms with Gasteiger partial charge in [0, 0.05) is 29.3 Å². The second-order valence-electron chi connectivity index (χ2n) is 5.07. The Hall–Kier alpha value is -0.320. The van der Waals surface area contributed by atoms with Crippen LogP contribution in [0.5, 0.6) is 0 Å². The Morgan fingerprint density at radius 3 is 2.88 bits per heavy atom. The second kappa shape index (κ2) is 5.12. The van der Waals surface area contributed by atoms with Crippen molar-refractivity contribution in [2.24, 2.45) is 0 Å². The van der Waals surface area contributed by atoms with Gasteiger partial charge in [-0.25, -0.2) is 9.97 Å². The zero-order chi connectivity index (χ0) is 12.5. The van der Waals surface area contributed by atoms with E-state index in [0.717, 1.165) is 31.2 Å². The minimum atomic E-state index is 0.325. The number of hydrogen-bond acceptors (Lipinski definition) is 4. The second-order valence-corrected chi connectivity index (χ2v) is 7.26. The third kappa shape index (κ3) is 3.83. The lowest BCUT2D eigenvalue weighted by atomic mass is 10.2. The summed E-state index contributed by atoms with van der Waals surface area (Å²) < 4.78 is 0.325. The summed E-state index contributed by atoms with van der Waals surface area (Å²) in [4.78, 5) is 11.1. The van der Waals surface area contributed by atoms with E-state index >= 15 is 0 Å². The van der Waals surface area contributed by atoms with Gasteiger partial charge in [0.1, 0.15) is 11.0 Å². The average molecular weight is 272 g/mol. The summed E-state index contributed by atoms with van der Waals surface area (Å²) in [5.74, 6) is 2.00. The predicted molar refractivity (Wildman–Crippen MR) is 73.6 cm³/mol. The quantitative estimate of drug-likeness (QED) is 0.774. The average Bonchev–Trinajstić information content (AvgIpc) is 2.13. The van der Waals surface area contributed by atoms with Crippen LogP contribution in [-0.2, 0) is 6.54 Å². The summed E-state index contributed by atoms with van der Waals surface area (Å²) in [5.41, 5.74) is 0.936. The van der Waals surface area contributed by atoms with Gasteiger partial charge < -0.3 is 0 Å². The van der Waals surface area contributed by atoms with Crippen LogP contribution in [0.3, 0.4) is 0 Å². The van der Waals surface area contributed by atoms with Crippen molar-refractivity contribution in [3.05, 3.63) is 22.7 Å². The van der Waals surface area contributed by atoms with Crippen molar-refractivity contribution < 1.29 is 0 Å². The van der Waals surface area contributed by atoms with Crippen LogP contribution >= 0.6 is 23.4 Å². The highest BCUT2D eigenvalue weighted by atomic mass is 35.5. The summed E-state index contributed by atoms with van der Waals surface area (Å²) in [6.07, 6.45) is 0. The number of hydrogen-bond donors (Lipinski definition) is 0. The SMILES string of the molecule is Cc1cc(Cl)nc(CN2CCSC(C)(C)C2)n1. The van der Waals surface area contributed by atoms with E-state index in [-0.39, 0.29) is 0 Å². The van der Waals surface area contributed by atoms with E-state index in [1.165, 1.54) is 5.75 Å². The van der Waals surface area contributed by atoms with Crippen molar-refractivity contribution >= 4 is 23.4 Å². The van der Waals surface area contributed by atoms with Gasteiger partial charge in [-0.2, -0.15) is 11.8 Å². The molecular formula is C12H18ClN3S. The third-order valence-corrected chi connectivity index (χ3v) is 4.23. The molecule has 1 aliphatic heterocycles. The topological polar surface area (TPSA) is 29.0 Å². The maximum Gasteiger partial charge on any atom is 0.144 e. The number of thioether (sulfide) groups is 1. The molecule has 0 aromatic carbocycles. The van der Waals surface area contributed by atoms with E-state index < -0.39 is 0 Å². The molecule has 0 spiro atoms. The highest BCUT2D eigenvalue weighted by Crippen LogP contribution is 2.29. The van der Waals surface area contributed by atoms with E-state index in [9.17, 15) is 0 Å². The van der Waals surface area contributed by atoms with Crippen LogP contribution in [0, 0.1) is 6.92 Å². The zero-order valence-corrected chi connectivity index (χ0v) is 12.1. The van der Waals surface area contributed by atoms with Crippen molar-refractivity contribution in [1.29, 1.82) is 0 Å². The largest absolute Gasteiger partial charge is 0.294 e. The first-order valence-corrected chi connectivity index (χ1v) is 7.17. The van der Waals surface area contributed by atoms with Gasteiger partial charge in [-0.3, -0.25) is 4.90 Å². The smallest absolute Gasteiger partial charge is 0.144 e. The molecule has 0 amide bonds. The van der Waals surface area contributed by atoms with Crippen LogP contribution in [0.2, 0.25) is 5.15 Å². The Morgan fingerprint density at radius 1 is 1.47 bits per heavy atom. The summed E-state index contributed by atoms with van der Waals surface area (Å²) >= 11 is 7.98. The van der Waals surface area contributed by atoms with E-state index in [1.807, 2.05) is 18.7 Å². The van der Waals surface area contributed by atoms with E-state index in [4.69, 9.17) is 11.6 Å². The normalized spacial score (nSPS) is 20.5. The monoisotopic (exact) mass is 271 g/mol. The molecule has 0 saturated carbocycles. The fourth-order valence-corrected chi connectivity index (χ4v) is 3.54. The molecule has 1 fully saturated rings. The molecule has 5 heteroatoms. The number of aromatic nitrogens is 2. The Morgan fingerprint density at radius 2 is 2.24 bits per heavy atom. The Labute approximate surface area is 112 Å². The molecule has 0 aliphatic carbocycles. The van der Waals surface area contributed by atoms with Gasteiger partial charge in [-0.1, -0.05) is 11.6 Å². The standard InChI is InChI=1S/C12H18ClN3S/c1-9-6-10(13)15-11(14-9)7-16-4-5-17-12(2,3)8-16/h6H,4-5,7-8H2,1-3H3. The minimum Gasteiger partial charge on any atom is -0.294 e. The Bertz CT molecular complexity index is 388. The minimum absolute atomic E-state index is 0.325. The van der Waals surface area contributed by atoms with E-state index in [0.29, 0.717) is 9.90 Å². The molecule has 17 heavy (non-hydrogen) atoms. The molecule has 1 aromatic rings. The summed E-state index contributed by atoms with van der Waals surface area (Å²) in [6, 6.07) is 1.79.